The van der Waals surface area contributed by atoms with E-state index in [1.807, 2.05) is 0 Å². The van der Waals surface area contributed by atoms with Crippen LogP contribution in [0, 0.1) is 0 Å². The van der Waals surface area contributed by atoms with Crippen molar-refractivity contribution in [3.63, 3.8) is 0 Å². The first kappa shape index (κ1) is 16.2. The molecule has 0 rings (SSSR count). The van der Waals surface area contributed by atoms with Crippen molar-refractivity contribution in [2.45, 2.75) is 57.9 Å². The molecule has 4 nitrogen and oxygen atoms in total. The summed E-state index contributed by atoms with van der Waals surface area (Å²) in [6, 6.07) is 0. The highest BCUT2D eigenvalue weighted by Crippen LogP contribution is 2.17. The maximum atomic E-state index is 11.6. The molecule has 0 aromatic rings. The van der Waals surface area contributed by atoms with Crippen LogP contribution in [-0.4, -0.2) is 30.0 Å². The van der Waals surface area contributed by atoms with Crippen LogP contribution in [0.5, 0.6) is 0 Å². The number of alkyl halides is 1. The minimum absolute atomic E-state index is 0.245. The number of halogens is 1. The van der Waals surface area contributed by atoms with Gasteiger partial charge in [-0.1, -0.05) is 26.2 Å². The average molecular weight is 265 g/mol. The Labute approximate surface area is 108 Å². The normalized spacial score (nSPS) is 13.9. The van der Waals surface area contributed by atoms with Gasteiger partial charge in [-0.3, -0.25) is 4.79 Å². The zero-order valence-corrected chi connectivity index (χ0v) is 11.5. The highest BCUT2D eigenvalue weighted by atomic mass is 35.5. The second kappa shape index (κ2) is 9.28. The van der Waals surface area contributed by atoms with E-state index in [1.54, 1.807) is 6.92 Å². The Morgan fingerprint density at radius 2 is 1.88 bits per heavy atom. The molecule has 0 saturated heterocycles. The predicted octanol–water partition coefficient (Wildman–Crippen LogP) is 2.67. The largest absolute Gasteiger partial charge is 0.463 e. The highest BCUT2D eigenvalue weighted by Gasteiger charge is 2.30. The lowest BCUT2D eigenvalue weighted by molar-refractivity contribution is -0.166. The van der Waals surface area contributed by atoms with Gasteiger partial charge in [-0.05, 0) is 13.3 Å². The molecule has 0 unspecified atom stereocenters. The summed E-state index contributed by atoms with van der Waals surface area (Å²) in [5.41, 5.74) is 0. The number of unbranched alkanes of at least 4 members (excludes halogenated alkanes) is 2. The summed E-state index contributed by atoms with van der Waals surface area (Å²) in [7, 11) is 0. The van der Waals surface area contributed by atoms with Gasteiger partial charge >= 0.3 is 11.9 Å². The molecule has 0 fully saturated rings. The first-order valence-corrected chi connectivity index (χ1v) is 6.44. The van der Waals surface area contributed by atoms with E-state index in [4.69, 9.17) is 21.1 Å². The minimum Gasteiger partial charge on any atom is -0.463 e. The second-order valence-electron chi connectivity index (χ2n) is 3.79. The van der Waals surface area contributed by atoms with Crippen LogP contribution in [0.3, 0.4) is 0 Å². The fourth-order valence-electron chi connectivity index (χ4n) is 1.41. The van der Waals surface area contributed by atoms with Gasteiger partial charge in [-0.15, -0.1) is 11.6 Å². The Bertz CT molecular complexity index is 243. The number of hydrogen-bond donors (Lipinski definition) is 0. The van der Waals surface area contributed by atoms with E-state index in [0.29, 0.717) is 6.42 Å². The van der Waals surface area contributed by atoms with E-state index in [9.17, 15) is 9.59 Å². The van der Waals surface area contributed by atoms with Gasteiger partial charge < -0.3 is 9.47 Å². The fraction of sp³-hybridized carbons (Fsp3) is 0.833. The van der Waals surface area contributed by atoms with Crippen LogP contribution in [0.4, 0.5) is 0 Å². The van der Waals surface area contributed by atoms with Gasteiger partial charge in [0.1, 0.15) is 0 Å². The Kier molecular flexibility index (Phi) is 8.86. The summed E-state index contributed by atoms with van der Waals surface area (Å²) < 4.78 is 9.74. The molecule has 0 aliphatic carbocycles. The molecule has 5 heteroatoms. The Balaban J connectivity index is 4.33. The molecular weight excluding hydrogens is 244 g/mol. The van der Waals surface area contributed by atoms with Crippen LogP contribution in [0.2, 0.25) is 0 Å². The molecule has 100 valence electrons. The SMILES string of the molecule is CCCCC[C@@H](Cl)[C@H](OC(C)=O)C(=O)OCC. The molecule has 0 aromatic heterocycles. The maximum Gasteiger partial charge on any atom is 0.349 e. The Hall–Kier alpha value is -0.770. The summed E-state index contributed by atoms with van der Waals surface area (Å²) in [5.74, 6) is -1.09. The average Bonchev–Trinajstić information content (AvgIpc) is 2.26. The molecule has 0 spiro atoms. The summed E-state index contributed by atoms with van der Waals surface area (Å²) in [5, 5.41) is -0.524. The van der Waals surface area contributed by atoms with E-state index in [0.717, 1.165) is 19.3 Å². The summed E-state index contributed by atoms with van der Waals surface area (Å²) >= 11 is 6.08. The summed E-state index contributed by atoms with van der Waals surface area (Å²) in [6.07, 6.45) is 2.65. The lowest BCUT2D eigenvalue weighted by atomic mass is 10.1. The maximum absolute atomic E-state index is 11.6. The molecule has 0 bridgehead atoms. The Morgan fingerprint density at radius 3 is 2.35 bits per heavy atom. The lowest BCUT2D eigenvalue weighted by Crippen LogP contribution is -2.36. The van der Waals surface area contributed by atoms with Gasteiger partial charge in [-0.2, -0.15) is 0 Å². The topological polar surface area (TPSA) is 52.6 Å². The summed E-state index contributed by atoms with van der Waals surface area (Å²) in [6.45, 7) is 5.28. The van der Waals surface area contributed by atoms with Gasteiger partial charge in [0.2, 0.25) is 6.10 Å². The van der Waals surface area contributed by atoms with Crippen LogP contribution < -0.4 is 0 Å². The van der Waals surface area contributed by atoms with E-state index in [1.165, 1.54) is 6.92 Å². The number of esters is 2. The van der Waals surface area contributed by atoms with Crippen molar-refractivity contribution in [2.75, 3.05) is 6.61 Å². The fourth-order valence-corrected chi connectivity index (χ4v) is 1.72. The minimum atomic E-state index is -0.994. The van der Waals surface area contributed by atoms with Crippen molar-refractivity contribution >= 4 is 23.5 Å². The lowest BCUT2D eigenvalue weighted by Gasteiger charge is -2.20. The molecular formula is C12H21ClO4. The van der Waals surface area contributed by atoms with Crippen LogP contribution in [-0.2, 0) is 19.1 Å². The predicted molar refractivity (Wildman–Crippen MR) is 66.0 cm³/mol. The van der Waals surface area contributed by atoms with Crippen LogP contribution >= 0.6 is 11.6 Å². The third kappa shape index (κ3) is 7.21. The van der Waals surface area contributed by atoms with Crippen LogP contribution in [0.1, 0.15) is 46.5 Å². The molecule has 2 atom stereocenters. The summed E-state index contributed by atoms with van der Waals surface area (Å²) in [4.78, 5) is 22.5. The standard InChI is InChI=1S/C12H21ClO4/c1-4-6-7-8-10(13)11(17-9(3)14)12(15)16-5-2/h10-11H,4-8H2,1-3H3/t10-,11+/m1/s1. The molecule has 0 aliphatic rings. The van der Waals surface area contributed by atoms with E-state index < -0.39 is 23.4 Å². The zero-order valence-electron chi connectivity index (χ0n) is 10.7. The van der Waals surface area contributed by atoms with Crippen molar-refractivity contribution in [1.82, 2.24) is 0 Å². The quantitative estimate of drug-likeness (QED) is 0.384. The Morgan fingerprint density at radius 1 is 1.24 bits per heavy atom. The molecule has 0 aromatic carbocycles. The van der Waals surface area contributed by atoms with Gasteiger partial charge in [0, 0.05) is 6.92 Å². The highest BCUT2D eigenvalue weighted by molar-refractivity contribution is 6.22. The number of carbonyl (C=O) groups is 2. The van der Waals surface area contributed by atoms with E-state index in [2.05, 4.69) is 6.92 Å². The molecule has 0 saturated carbocycles. The third-order valence-corrected chi connectivity index (χ3v) is 2.67. The van der Waals surface area contributed by atoms with Gasteiger partial charge in [0.25, 0.3) is 0 Å². The number of carbonyl (C=O) groups excluding carboxylic acids is 2. The van der Waals surface area contributed by atoms with Gasteiger partial charge in [0.05, 0.1) is 12.0 Å². The zero-order chi connectivity index (χ0) is 13.3. The number of ether oxygens (including phenoxy) is 2. The first-order chi connectivity index (χ1) is 8.02. The smallest absolute Gasteiger partial charge is 0.349 e. The molecule has 0 aliphatic heterocycles. The van der Waals surface area contributed by atoms with Crippen LogP contribution in [0.15, 0.2) is 0 Å². The second-order valence-corrected chi connectivity index (χ2v) is 4.35. The molecule has 0 N–H and O–H groups in total. The first-order valence-electron chi connectivity index (χ1n) is 6.00. The number of hydrogen-bond acceptors (Lipinski definition) is 4. The van der Waals surface area contributed by atoms with Gasteiger partial charge in [0.15, 0.2) is 0 Å². The molecule has 0 amide bonds. The number of rotatable bonds is 8. The van der Waals surface area contributed by atoms with Crippen molar-refractivity contribution in [3.8, 4) is 0 Å². The van der Waals surface area contributed by atoms with E-state index >= 15 is 0 Å². The molecule has 0 radical (unpaired) electrons. The van der Waals surface area contributed by atoms with Crippen molar-refractivity contribution in [2.24, 2.45) is 0 Å². The van der Waals surface area contributed by atoms with Gasteiger partial charge in [-0.25, -0.2) is 4.79 Å². The van der Waals surface area contributed by atoms with Crippen molar-refractivity contribution in [3.05, 3.63) is 0 Å². The third-order valence-electron chi connectivity index (χ3n) is 2.22. The van der Waals surface area contributed by atoms with Crippen LogP contribution in [0.25, 0.3) is 0 Å². The monoisotopic (exact) mass is 264 g/mol. The van der Waals surface area contributed by atoms with E-state index in [-0.39, 0.29) is 6.61 Å². The van der Waals surface area contributed by atoms with Crippen molar-refractivity contribution < 1.29 is 19.1 Å². The van der Waals surface area contributed by atoms with Crippen molar-refractivity contribution in [1.29, 1.82) is 0 Å². The molecule has 0 heterocycles. The molecule has 17 heavy (non-hydrogen) atoms.